The summed E-state index contributed by atoms with van der Waals surface area (Å²) in [5.74, 6) is -0.251. The van der Waals surface area contributed by atoms with Crippen LogP contribution in [0.3, 0.4) is 0 Å². The Morgan fingerprint density at radius 1 is 1.35 bits per heavy atom. The largest absolute Gasteiger partial charge is 0.315 e. The molecule has 0 saturated carbocycles. The molecule has 2 N–H and O–H groups in total. The summed E-state index contributed by atoms with van der Waals surface area (Å²) in [6, 6.07) is 7.72. The molecule has 108 valence electrons. The Bertz CT molecular complexity index is 542. The Morgan fingerprint density at radius 2 is 1.95 bits per heavy atom. The number of hydroxylamine groups is 1. The first-order valence-electron chi connectivity index (χ1n) is 6.42. The van der Waals surface area contributed by atoms with Gasteiger partial charge in [-0.15, -0.1) is 11.8 Å². The van der Waals surface area contributed by atoms with E-state index in [9.17, 15) is 10.0 Å². The molecule has 2 rings (SSSR count). The average molecular weight is 293 g/mol. The number of rotatable bonds is 4. The van der Waals surface area contributed by atoms with Gasteiger partial charge in [-0.2, -0.15) is 10.6 Å². The zero-order valence-corrected chi connectivity index (χ0v) is 12.9. The van der Waals surface area contributed by atoms with E-state index in [0.717, 1.165) is 10.5 Å². The smallest absolute Gasteiger partial charge is 0.271 e. The summed E-state index contributed by atoms with van der Waals surface area (Å²) >= 11 is 1.65. The second-order valence-corrected chi connectivity index (χ2v) is 6.04. The van der Waals surface area contributed by atoms with E-state index < -0.39 is 5.54 Å². The molecule has 20 heavy (non-hydrogen) atoms. The van der Waals surface area contributed by atoms with Crippen LogP contribution < -0.4 is 5.48 Å². The Balaban J connectivity index is 2.45. The molecule has 6 heteroatoms. The summed E-state index contributed by atoms with van der Waals surface area (Å²) in [6.45, 7) is 5.41. The quantitative estimate of drug-likeness (QED) is 0.659. The number of carbonyl (C=O) groups excluding carboxylic acids is 1. The first-order chi connectivity index (χ1) is 9.43. The molecular weight excluding hydrogens is 274 g/mol. The molecule has 1 aliphatic heterocycles. The molecule has 0 radical (unpaired) electrons. The normalized spacial score (nSPS) is 22.6. The standard InChI is InChI=1S/C14H19N3O2S/c1-9(2)17-13(18)14(3,16-19)12(15-17)10-5-7-11(20-4)8-6-10/h5-9,16,19H,1-4H3. The molecule has 1 unspecified atom stereocenters. The molecule has 1 aliphatic rings. The maximum absolute atomic E-state index is 12.4. The summed E-state index contributed by atoms with van der Waals surface area (Å²) < 4.78 is 0. The van der Waals surface area contributed by atoms with Crippen molar-refractivity contribution >= 4 is 23.4 Å². The Hall–Kier alpha value is -1.37. The van der Waals surface area contributed by atoms with E-state index in [4.69, 9.17) is 0 Å². The number of hydrazone groups is 1. The first kappa shape index (κ1) is 15.0. The highest BCUT2D eigenvalue weighted by Crippen LogP contribution is 2.27. The van der Waals surface area contributed by atoms with Gasteiger partial charge in [0, 0.05) is 10.5 Å². The fraction of sp³-hybridized carbons (Fsp3) is 0.429. The number of amides is 1. The van der Waals surface area contributed by atoms with Gasteiger partial charge in [0.15, 0.2) is 5.54 Å². The maximum Gasteiger partial charge on any atom is 0.271 e. The molecular formula is C14H19N3O2S. The number of hydrogen-bond acceptors (Lipinski definition) is 5. The van der Waals surface area contributed by atoms with Crippen molar-refractivity contribution in [1.29, 1.82) is 0 Å². The fourth-order valence-electron chi connectivity index (χ4n) is 2.13. The van der Waals surface area contributed by atoms with Gasteiger partial charge in [0.25, 0.3) is 5.91 Å². The van der Waals surface area contributed by atoms with Crippen molar-refractivity contribution < 1.29 is 10.0 Å². The number of nitrogens with one attached hydrogen (secondary N) is 1. The lowest BCUT2D eigenvalue weighted by molar-refractivity contribution is -0.137. The van der Waals surface area contributed by atoms with Crippen molar-refractivity contribution in [2.24, 2.45) is 5.10 Å². The molecule has 1 atom stereocenters. The summed E-state index contributed by atoms with van der Waals surface area (Å²) in [5.41, 5.74) is 2.28. The molecule has 0 aromatic heterocycles. The third-order valence-electron chi connectivity index (χ3n) is 3.39. The zero-order chi connectivity index (χ0) is 14.9. The van der Waals surface area contributed by atoms with Gasteiger partial charge in [-0.25, -0.2) is 5.01 Å². The lowest BCUT2D eigenvalue weighted by Gasteiger charge is -2.24. The van der Waals surface area contributed by atoms with Crippen LogP contribution in [0, 0.1) is 0 Å². The van der Waals surface area contributed by atoms with Crippen molar-refractivity contribution in [3.8, 4) is 0 Å². The van der Waals surface area contributed by atoms with Gasteiger partial charge in [-0.1, -0.05) is 12.1 Å². The molecule has 1 heterocycles. The minimum Gasteiger partial charge on any atom is -0.315 e. The van der Waals surface area contributed by atoms with Crippen molar-refractivity contribution in [1.82, 2.24) is 10.5 Å². The van der Waals surface area contributed by atoms with Gasteiger partial charge >= 0.3 is 0 Å². The minimum atomic E-state index is -1.20. The van der Waals surface area contributed by atoms with Crippen molar-refractivity contribution in [3.63, 3.8) is 0 Å². The molecule has 5 nitrogen and oxygen atoms in total. The highest BCUT2D eigenvalue weighted by molar-refractivity contribution is 7.98. The summed E-state index contributed by atoms with van der Waals surface area (Å²) in [5, 5.41) is 15.2. The monoisotopic (exact) mass is 293 g/mol. The van der Waals surface area contributed by atoms with E-state index in [1.807, 2.05) is 44.4 Å². The zero-order valence-electron chi connectivity index (χ0n) is 12.0. The molecule has 1 aromatic rings. The van der Waals surface area contributed by atoms with Gasteiger partial charge < -0.3 is 5.21 Å². The number of nitrogens with zero attached hydrogens (tertiary/aromatic N) is 2. The van der Waals surface area contributed by atoms with Gasteiger partial charge in [-0.05, 0) is 39.2 Å². The fourth-order valence-corrected chi connectivity index (χ4v) is 2.54. The second-order valence-electron chi connectivity index (χ2n) is 5.16. The van der Waals surface area contributed by atoms with E-state index in [-0.39, 0.29) is 11.9 Å². The number of thioether (sulfide) groups is 1. The van der Waals surface area contributed by atoms with Gasteiger partial charge in [0.2, 0.25) is 0 Å². The van der Waals surface area contributed by atoms with Gasteiger partial charge in [0.1, 0.15) is 0 Å². The predicted molar refractivity (Wildman–Crippen MR) is 80.1 cm³/mol. The SMILES string of the molecule is CSc1ccc(C2=NN(C(C)C)C(=O)C2(C)NO)cc1. The third-order valence-corrected chi connectivity index (χ3v) is 4.14. The highest BCUT2D eigenvalue weighted by Gasteiger charge is 2.48. The summed E-state index contributed by atoms with van der Waals surface area (Å²) in [7, 11) is 0. The first-order valence-corrected chi connectivity index (χ1v) is 7.65. The van der Waals surface area contributed by atoms with E-state index in [0.29, 0.717) is 5.71 Å². The van der Waals surface area contributed by atoms with Crippen LogP contribution in [0.15, 0.2) is 34.3 Å². The van der Waals surface area contributed by atoms with Gasteiger partial charge in [-0.3, -0.25) is 4.79 Å². The van der Waals surface area contributed by atoms with E-state index >= 15 is 0 Å². The van der Waals surface area contributed by atoms with Crippen molar-refractivity contribution in [3.05, 3.63) is 29.8 Å². The van der Waals surface area contributed by atoms with Crippen molar-refractivity contribution in [2.75, 3.05) is 6.26 Å². The highest BCUT2D eigenvalue weighted by atomic mass is 32.2. The van der Waals surface area contributed by atoms with Crippen LogP contribution in [-0.4, -0.2) is 39.7 Å². The number of carbonyl (C=O) groups is 1. The van der Waals surface area contributed by atoms with E-state index in [1.54, 1.807) is 18.7 Å². The molecule has 1 aromatic carbocycles. The van der Waals surface area contributed by atoms with Crippen LogP contribution >= 0.6 is 11.8 Å². The molecule has 0 fully saturated rings. The van der Waals surface area contributed by atoms with Crippen LogP contribution in [0.2, 0.25) is 0 Å². The van der Waals surface area contributed by atoms with Crippen LogP contribution in [0.4, 0.5) is 0 Å². The Labute approximate surface area is 123 Å². The average Bonchev–Trinajstić information content (AvgIpc) is 2.72. The number of hydrogen-bond donors (Lipinski definition) is 2. The van der Waals surface area contributed by atoms with E-state index in [2.05, 4.69) is 10.6 Å². The lowest BCUT2D eigenvalue weighted by Crippen LogP contribution is -2.55. The topological polar surface area (TPSA) is 64.9 Å². The predicted octanol–water partition coefficient (Wildman–Crippen LogP) is 2.10. The molecule has 0 aliphatic carbocycles. The third kappa shape index (κ3) is 2.34. The van der Waals surface area contributed by atoms with Crippen molar-refractivity contribution in [2.45, 2.75) is 37.2 Å². The molecule has 0 bridgehead atoms. The van der Waals surface area contributed by atoms with E-state index in [1.165, 1.54) is 5.01 Å². The Morgan fingerprint density at radius 3 is 2.40 bits per heavy atom. The van der Waals surface area contributed by atoms with Crippen LogP contribution in [0.5, 0.6) is 0 Å². The number of benzene rings is 1. The van der Waals surface area contributed by atoms with Crippen LogP contribution in [0.25, 0.3) is 0 Å². The molecule has 0 saturated heterocycles. The maximum atomic E-state index is 12.4. The minimum absolute atomic E-state index is 0.0573. The molecule has 0 spiro atoms. The lowest BCUT2D eigenvalue weighted by atomic mass is 9.91. The van der Waals surface area contributed by atoms with Crippen LogP contribution in [0.1, 0.15) is 26.3 Å². The Kier molecular flexibility index (Phi) is 4.17. The molecule has 1 amide bonds. The van der Waals surface area contributed by atoms with Gasteiger partial charge in [0.05, 0.1) is 11.8 Å². The second kappa shape index (κ2) is 5.55. The summed E-state index contributed by atoms with van der Waals surface area (Å²) in [4.78, 5) is 13.5. The van der Waals surface area contributed by atoms with Crippen LogP contribution in [-0.2, 0) is 4.79 Å². The summed E-state index contributed by atoms with van der Waals surface area (Å²) in [6.07, 6.45) is 2.01.